The molecule has 0 aliphatic heterocycles. The topological polar surface area (TPSA) is 109 Å². The molecule has 0 saturated heterocycles. The van der Waals surface area contributed by atoms with Gasteiger partial charge in [-0.15, -0.1) is 0 Å². The molecule has 20 heavy (non-hydrogen) atoms. The highest BCUT2D eigenvalue weighted by Gasteiger charge is 2.40. The Morgan fingerprint density at radius 1 is 0.950 bits per heavy atom. The predicted molar refractivity (Wildman–Crippen MR) is 69.2 cm³/mol. The first-order valence-corrected chi connectivity index (χ1v) is 5.92. The first-order chi connectivity index (χ1) is 9.61. The van der Waals surface area contributed by atoms with Gasteiger partial charge in [-0.05, 0) is 24.3 Å². The zero-order valence-electron chi connectivity index (χ0n) is 10.4. The van der Waals surface area contributed by atoms with Crippen molar-refractivity contribution in [2.45, 2.75) is 18.2 Å². The minimum atomic E-state index is -1.64. The summed E-state index contributed by atoms with van der Waals surface area (Å²) in [5.41, 5.74) is 0.258. The smallest absolute Gasteiger partial charge is 0.275 e. The zero-order valence-corrected chi connectivity index (χ0v) is 10.4. The SMILES string of the molecule is O=[N+]([O-])C([C@@H](O)c1ccccn1)[C@@H](O)c1ccccn1. The number of aromatic nitrogens is 2. The quantitative estimate of drug-likeness (QED) is 0.619. The highest BCUT2D eigenvalue weighted by atomic mass is 16.6. The highest BCUT2D eigenvalue weighted by molar-refractivity contribution is 5.13. The molecule has 0 unspecified atom stereocenters. The highest BCUT2D eigenvalue weighted by Crippen LogP contribution is 2.27. The second-order valence-electron chi connectivity index (χ2n) is 4.17. The molecule has 0 bridgehead atoms. The van der Waals surface area contributed by atoms with Crippen LogP contribution in [0.4, 0.5) is 0 Å². The fourth-order valence-corrected chi connectivity index (χ4v) is 1.86. The van der Waals surface area contributed by atoms with Gasteiger partial charge in [0.1, 0.15) is 0 Å². The molecule has 7 heteroatoms. The molecule has 0 saturated carbocycles. The Labute approximate surface area is 114 Å². The van der Waals surface area contributed by atoms with Crippen LogP contribution in [-0.4, -0.2) is 31.1 Å². The van der Waals surface area contributed by atoms with Gasteiger partial charge in [-0.1, -0.05) is 12.1 Å². The summed E-state index contributed by atoms with van der Waals surface area (Å²) in [5, 5.41) is 31.3. The number of hydrogen-bond acceptors (Lipinski definition) is 6. The zero-order chi connectivity index (χ0) is 14.5. The number of pyridine rings is 2. The van der Waals surface area contributed by atoms with Gasteiger partial charge in [-0.25, -0.2) is 0 Å². The van der Waals surface area contributed by atoms with E-state index in [4.69, 9.17) is 0 Å². The predicted octanol–water partition coefficient (Wildman–Crippen LogP) is 0.889. The van der Waals surface area contributed by atoms with Crippen molar-refractivity contribution in [3.05, 3.63) is 70.3 Å². The molecule has 0 fully saturated rings. The third-order valence-corrected chi connectivity index (χ3v) is 2.87. The lowest BCUT2D eigenvalue weighted by molar-refractivity contribution is -0.549. The Kier molecular flexibility index (Phi) is 4.34. The number of aliphatic hydroxyl groups is 2. The molecule has 0 amide bonds. The summed E-state index contributed by atoms with van der Waals surface area (Å²) in [6.07, 6.45) is -0.211. The summed E-state index contributed by atoms with van der Waals surface area (Å²) in [6.45, 7) is 0. The monoisotopic (exact) mass is 275 g/mol. The molecule has 104 valence electrons. The third kappa shape index (κ3) is 2.95. The molecule has 0 spiro atoms. The van der Waals surface area contributed by atoms with Gasteiger partial charge in [0.15, 0.2) is 12.2 Å². The van der Waals surface area contributed by atoms with Crippen LogP contribution in [0.2, 0.25) is 0 Å². The minimum absolute atomic E-state index is 0.129. The summed E-state index contributed by atoms with van der Waals surface area (Å²) in [6, 6.07) is 7.77. The molecule has 0 aliphatic rings. The molecule has 2 N–H and O–H groups in total. The van der Waals surface area contributed by atoms with Crippen LogP contribution in [0.3, 0.4) is 0 Å². The standard InChI is InChI=1S/C13H13N3O4/c17-12(9-5-1-3-7-14-9)11(16(19)20)13(18)10-6-2-4-8-15-10/h1-8,11-13,17-18H/t12-,13-/m0/s1. The summed E-state index contributed by atoms with van der Waals surface area (Å²) < 4.78 is 0. The van der Waals surface area contributed by atoms with Crippen LogP contribution < -0.4 is 0 Å². The molecular weight excluding hydrogens is 262 g/mol. The van der Waals surface area contributed by atoms with Crippen LogP contribution in [0.5, 0.6) is 0 Å². The molecule has 2 rings (SSSR count). The van der Waals surface area contributed by atoms with Crippen LogP contribution in [0.15, 0.2) is 48.8 Å². The van der Waals surface area contributed by atoms with E-state index < -0.39 is 23.2 Å². The largest absolute Gasteiger partial charge is 0.380 e. The Morgan fingerprint density at radius 3 is 1.70 bits per heavy atom. The maximum absolute atomic E-state index is 11.2. The number of nitrogens with zero attached hydrogens (tertiary/aromatic N) is 3. The van der Waals surface area contributed by atoms with E-state index in [1.165, 1.54) is 24.5 Å². The van der Waals surface area contributed by atoms with Gasteiger partial charge in [0.25, 0.3) is 6.04 Å². The Morgan fingerprint density at radius 2 is 1.40 bits per heavy atom. The van der Waals surface area contributed by atoms with E-state index in [0.717, 1.165) is 0 Å². The van der Waals surface area contributed by atoms with Gasteiger partial charge in [0, 0.05) is 17.3 Å². The number of hydrogen-bond donors (Lipinski definition) is 2. The van der Waals surface area contributed by atoms with E-state index in [1.54, 1.807) is 24.3 Å². The van der Waals surface area contributed by atoms with Crippen molar-refractivity contribution in [1.29, 1.82) is 0 Å². The summed E-state index contributed by atoms with van der Waals surface area (Å²) in [7, 11) is 0. The maximum Gasteiger partial charge on any atom is 0.275 e. The molecular formula is C13H13N3O4. The molecule has 2 heterocycles. The van der Waals surface area contributed by atoms with E-state index in [9.17, 15) is 20.3 Å². The lowest BCUT2D eigenvalue weighted by atomic mass is 9.99. The Bertz CT molecular complexity index is 519. The van der Waals surface area contributed by atoms with Crippen molar-refractivity contribution >= 4 is 0 Å². The molecule has 7 nitrogen and oxygen atoms in total. The van der Waals surface area contributed by atoms with Crippen molar-refractivity contribution in [1.82, 2.24) is 9.97 Å². The third-order valence-electron chi connectivity index (χ3n) is 2.87. The molecule has 2 atom stereocenters. The van der Waals surface area contributed by atoms with Crippen LogP contribution in [0.25, 0.3) is 0 Å². The van der Waals surface area contributed by atoms with Gasteiger partial charge in [-0.3, -0.25) is 20.1 Å². The van der Waals surface area contributed by atoms with Crippen molar-refractivity contribution < 1.29 is 15.1 Å². The fraction of sp³-hybridized carbons (Fsp3) is 0.231. The number of nitro groups is 1. The normalized spacial score (nSPS) is 13.9. The van der Waals surface area contributed by atoms with Gasteiger partial charge in [0.05, 0.1) is 11.4 Å². The van der Waals surface area contributed by atoms with Crippen LogP contribution in [0.1, 0.15) is 23.6 Å². The van der Waals surface area contributed by atoms with Gasteiger partial charge in [0.2, 0.25) is 0 Å². The first kappa shape index (κ1) is 14.0. The lowest BCUT2D eigenvalue weighted by Gasteiger charge is -2.20. The second-order valence-corrected chi connectivity index (χ2v) is 4.17. The number of aliphatic hydroxyl groups excluding tert-OH is 2. The lowest BCUT2D eigenvalue weighted by Crippen LogP contribution is -2.34. The van der Waals surface area contributed by atoms with Gasteiger partial charge < -0.3 is 10.2 Å². The first-order valence-electron chi connectivity index (χ1n) is 5.92. The van der Waals surface area contributed by atoms with E-state index >= 15 is 0 Å². The van der Waals surface area contributed by atoms with Crippen LogP contribution in [-0.2, 0) is 0 Å². The van der Waals surface area contributed by atoms with E-state index in [0.29, 0.717) is 0 Å². The minimum Gasteiger partial charge on any atom is -0.380 e. The van der Waals surface area contributed by atoms with Gasteiger partial charge in [-0.2, -0.15) is 0 Å². The number of rotatable bonds is 5. The second kappa shape index (κ2) is 6.18. The molecule has 2 aromatic heterocycles. The maximum atomic E-state index is 11.2. The van der Waals surface area contributed by atoms with Crippen LogP contribution in [0, 0.1) is 10.1 Å². The Balaban J connectivity index is 2.30. The van der Waals surface area contributed by atoms with Crippen LogP contribution >= 0.6 is 0 Å². The van der Waals surface area contributed by atoms with Gasteiger partial charge >= 0.3 is 0 Å². The van der Waals surface area contributed by atoms with E-state index in [1.807, 2.05) is 0 Å². The molecule has 0 radical (unpaired) electrons. The summed E-state index contributed by atoms with van der Waals surface area (Å²) >= 11 is 0. The molecule has 0 aliphatic carbocycles. The van der Waals surface area contributed by atoms with E-state index in [-0.39, 0.29) is 11.4 Å². The molecule has 2 aromatic rings. The van der Waals surface area contributed by atoms with Crippen molar-refractivity contribution in [2.24, 2.45) is 0 Å². The van der Waals surface area contributed by atoms with Crippen molar-refractivity contribution in [3.8, 4) is 0 Å². The average molecular weight is 275 g/mol. The fourth-order valence-electron chi connectivity index (χ4n) is 1.86. The Hall–Kier alpha value is -2.38. The average Bonchev–Trinajstić information content (AvgIpc) is 2.48. The van der Waals surface area contributed by atoms with Crippen molar-refractivity contribution in [2.75, 3.05) is 0 Å². The van der Waals surface area contributed by atoms with E-state index in [2.05, 4.69) is 9.97 Å². The summed E-state index contributed by atoms with van der Waals surface area (Å²) in [4.78, 5) is 18.2. The van der Waals surface area contributed by atoms with Crippen molar-refractivity contribution in [3.63, 3.8) is 0 Å². The summed E-state index contributed by atoms with van der Waals surface area (Å²) in [5.74, 6) is 0. The molecule has 0 aromatic carbocycles.